The van der Waals surface area contributed by atoms with Gasteiger partial charge >= 0.3 is 5.97 Å². The Bertz CT molecular complexity index is 1000. The first-order chi connectivity index (χ1) is 14.3. The van der Waals surface area contributed by atoms with E-state index >= 15 is 0 Å². The van der Waals surface area contributed by atoms with Gasteiger partial charge in [-0.3, -0.25) is 15.0 Å². The van der Waals surface area contributed by atoms with Crippen LogP contribution in [0.25, 0.3) is 5.57 Å². The maximum Gasteiger partial charge on any atom is 0.325 e. The second kappa shape index (κ2) is 9.99. The maximum absolute atomic E-state index is 13.1. The Hall–Kier alpha value is -3.52. The van der Waals surface area contributed by atoms with Gasteiger partial charge in [0.05, 0.1) is 26.3 Å². The van der Waals surface area contributed by atoms with Crippen LogP contribution in [0.2, 0.25) is 0 Å². The second-order valence-corrected chi connectivity index (χ2v) is 6.83. The molecule has 9 heteroatoms. The van der Waals surface area contributed by atoms with Gasteiger partial charge in [0.1, 0.15) is 18.1 Å². The number of likely N-dealkylation sites (N-methyl/N-ethyl adjacent to an activating group) is 1. The zero-order valence-electron chi connectivity index (χ0n) is 17.5. The maximum atomic E-state index is 13.1. The predicted molar refractivity (Wildman–Crippen MR) is 123 cm³/mol. The molecule has 1 aliphatic heterocycles. The highest BCUT2D eigenvalue weighted by Gasteiger charge is 2.33. The van der Waals surface area contributed by atoms with Crippen molar-refractivity contribution >= 4 is 47.1 Å². The van der Waals surface area contributed by atoms with Crippen molar-refractivity contribution in [1.29, 1.82) is 5.41 Å². The number of rotatable bonds is 7. The molecule has 3 rings (SSSR count). The molecule has 0 fully saturated rings. The van der Waals surface area contributed by atoms with Crippen LogP contribution in [0.1, 0.15) is 11.1 Å². The van der Waals surface area contributed by atoms with E-state index in [-0.39, 0.29) is 36.7 Å². The molecule has 0 unspecified atom stereocenters. The van der Waals surface area contributed by atoms with E-state index in [0.717, 1.165) is 11.3 Å². The minimum Gasteiger partial charge on any atom is -0.498 e. The lowest BCUT2D eigenvalue weighted by Gasteiger charge is -2.18. The minimum absolute atomic E-state index is 0. The van der Waals surface area contributed by atoms with E-state index in [2.05, 4.69) is 0 Å². The Morgan fingerprint density at radius 1 is 1.13 bits per heavy atom. The quantitative estimate of drug-likeness (QED) is 0.385. The van der Waals surface area contributed by atoms with Crippen molar-refractivity contribution in [3.05, 3.63) is 65.4 Å². The Morgan fingerprint density at radius 2 is 1.74 bits per heavy atom. The number of benzene rings is 2. The van der Waals surface area contributed by atoms with Crippen molar-refractivity contribution in [3.63, 3.8) is 0 Å². The highest BCUT2D eigenvalue weighted by molar-refractivity contribution is 6.29. The van der Waals surface area contributed by atoms with E-state index in [4.69, 9.17) is 20.6 Å². The van der Waals surface area contributed by atoms with Crippen molar-refractivity contribution in [2.45, 2.75) is 0 Å². The van der Waals surface area contributed by atoms with Crippen molar-refractivity contribution < 1.29 is 19.1 Å². The van der Waals surface area contributed by atoms with Crippen molar-refractivity contribution in [3.8, 4) is 0 Å². The molecule has 0 radical (unpaired) electrons. The van der Waals surface area contributed by atoms with Gasteiger partial charge in [-0.2, -0.15) is 0 Å². The number of carbonyl (C=O) groups excluding carboxylic acids is 2. The van der Waals surface area contributed by atoms with E-state index in [9.17, 15) is 9.59 Å². The molecule has 0 saturated heterocycles. The van der Waals surface area contributed by atoms with Gasteiger partial charge in [0.25, 0.3) is 5.91 Å². The number of carbonyl (C=O) groups is 2. The molecule has 2 aromatic carbocycles. The lowest BCUT2D eigenvalue weighted by molar-refractivity contribution is -0.138. The van der Waals surface area contributed by atoms with Gasteiger partial charge in [-0.05, 0) is 42.0 Å². The Balaban J connectivity index is 0.00000341. The van der Waals surface area contributed by atoms with Gasteiger partial charge < -0.3 is 25.0 Å². The number of nitrogens with zero attached hydrogens (tertiary/aromatic N) is 2. The number of amides is 1. The van der Waals surface area contributed by atoms with Crippen molar-refractivity contribution in [1.82, 2.24) is 0 Å². The fourth-order valence-electron chi connectivity index (χ4n) is 3.26. The highest BCUT2D eigenvalue weighted by Crippen LogP contribution is 2.33. The predicted octanol–water partition coefficient (Wildman–Crippen LogP) is 2.41. The van der Waals surface area contributed by atoms with E-state index < -0.39 is 0 Å². The summed E-state index contributed by atoms with van der Waals surface area (Å²) in [5.74, 6) is 0.0516. The third kappa shape index (κ3) is 4.97. The summed E-state index contributed by atoms with van der Waals surface area (Å²) in [6, 6.07) is 14.3. The zero-order valence-corrected chi connectivity index (χ0v) is 18.4. The van der Waals surface area contributed by atoms with E-state index in [1.807, 2.05) is 24.3 Å². The molecule has 8 nitrogen and oxygen atoms in total. The molecule has 0 aromatic heterocycles. The van der Waals surface area contributed by atoms with E-state index in [1.165, 1.54) is 7.11 Å². The summed E-state index contributed by atoms with van der Waals surface area (Å²) >= 11 is 0. The number of methoxy groups -OCH3 is 2. The van der Waals surface area contributed by atoms with Crippen molar-refractivity contribution in [2.75, 3.05) is 44.2 Å². The molecule has 164 valence electrons. The lowest BCUT2D eigenvalue weighted by Crippen LogP contribution is -2.27. The minimum atomic E-state index is -0.330. The number of hydrogen-bond acceptors (Lipinski definition) is 6. The summed E-state index contributed by atoms with van der Waals surface area (Å²) in [5, 5.41) is 7.50. The van der Waals surface area contributed by atoms with E-state index in [0.29, 0.717) is 29.1 Å². The molecular weight excluding hydrogens is 420 g/mol. The molecule has 0 bridgehead atoms. The number of esters is 1. The first kappa shape index (κ1) is 23.8. The number of nitrogens with one attached hydrogen (secondary N) is 1. The van der Waals surface area contributed by atoms with Crippen LogP contribution in [-0.2, 0) is 19.1 Å². The van der Waals surface area contributed by atoms with E-state index in [1.54, 1.807) is 48.2 Å². The Labute approximate surface area is 187 Å². The van der Waals surface area contributed by atoms with Crippen LogP contribution in [0.3, 0.4) is 0 Å². The summed E-state index contributed by atoms with van der Waals surface area (Å²) in [4.78, 5) is 28.0. The normalized spacial score (nSPS) is 13.0. The Morgan fingerprint density at radius 3 is 2.26 bits per heavy atom. The fourth-order valence-corrected chi connectivity index (χ4v) is 3.26. The summed E-state index contributed by atoms with van der Waals surface area (Å²) in [5.41, 5.74) is 8.84. The largest absolute Gasteiger partial charge is 0.498 e. The molecule has 1 heterocycles. The fraction of sp³-hybridized carbons (Fsp3) is 0.227. The summed E-state index contributed by atoms with van der Waals surface area (Å²) in [7, 11) is 4.69. The van der Waals surface area contributed by atoms with Crippen LogP contribution >= 0.6 is 12.4 Å². The highest BCUT2D eigenvalue weighted by atomic mass is 35.5. The van der Waals surface area contributed by atoms with Gasteiger partial charge in [-0.25, -0.2) is 0 Å². The molecule has 1 amide bonds. The average molecular weight is 445 g/mol. The summed E-state index contributed by atoms with van der Waals surface area (Å²) in [6.45, 7) is 0.443. The second-order valence-electron chi connectivity index (χ2n) is 6.83. The van der Waals surface area contributed by atoms with Gasteiger partial charge in [0.15, 0.2) is 0 Å². The standard InChI is InChI=1S/C22H24N4O4.ClH/c1-25(13-19(27)30-3)16-8-4-14(5-9-16)20-18(29-2)12-26(22(20)28)17-10-6-15(7-11-17)21(23)24;/h4-11H,12-13H2,1-3H3,(H3,23,24);1H. The van der Waals surface area contributed by atoms with Gasteiger partial charge in [0, 0.05) is 24.0 Å². The molecule has 31 heavy (non-hydrogen) atoms. The number of amidine groups is 1. The molecule has 2 aromatic rings. The number of hydrogen-bond donors (Lipinski definition) is 2. The first-order valence-corrected chi connectivity index (χ1v) is 9.27. The Kier molecular flexibility index (Phi) is 7.66. The van der Waals surface area contributed by atoms with Crippen LogP contribution in [0.5, 0.6) is 0 Å². The first-order valence-electron chi connectivity index (χ1n) is 9.27. The van der Waals surface area contributed by atoms with Crippen LogP contribution in [0.4, 0.5) is 11.4 Å². The van der Waals surface area contributed by atoms with Crippen molar-refractivity contribution in [2.24, 2.45) is 5.73 Å². The summed E-state index contributed by atoms with van der Waals surface area (Å²) in [6.07, 6.45) is 0. The average Bonchev–Trinajstić information content (AvgIpc) is 3.09. The number of nitrogen functional groups attached to an aromatic ring is 1. The SMILES string of the molecule is COC(=O)CN(C)c1ccc(C2=C(OC)CN(c3ccc(C(=N)N)cc3)C2=O)cc1.Cl. The molecule has 0 spiro atoms. The molecule has 0 saturated carbocycles. The zero-order chi connectivity index (χ0) is 21.8. The molecule has 0 atom stereocenters. The van der Waals surface area contributed by atoms with Crippen LogP contribution < -0.4 is 15.5 Å². The molecule has 1 aliphatic rings. The van der Waals surface area contributed by atoms with Gasteiger partial charge in [-0.15, -0.1) is 12.4 Å². The monoisotopic (exact) mass is 444 g/mol. The van der Waals surface area contributed by atoms with Crippen LogP contribution in [0, 0.1) is 5.41 Å². The number of nitrogens with two attached hydrogens (primary N) is 1. The molecule has 0 aliphatic carbocycles. The molecule has 3 N–H and O–H groups in total. The lowest BCUT2D eigenvalue weighted by atomic mass is 10.0. The number of anilines is 2. The third-order valence-corrected chi connectivity index (χ3v) is 4.97. The number of ether oxygens (including phenoxy) is 2. The smallest absolute Gasteiger partial charge is 0.325 e. The van der Waals surface area contributed by atoms with Crippen LogP contribution in [0.15, 0.2) is 54.3 Å². The van der Waals surface area contributed by atoms with Gasteiger partial charge in [-0.1, -0.05) is 12.1 Å². The van der Waals surface area contributed by atoms with Crippen LogP contribution in [-0.4, -0.2) is 52.1 Å². The third-order valence-electron chi connectivity index (χ3n) is 4.97. The number of halogens is 1. The molecular formula is C22H25ClN4O4. The summed E-state index contributed by atoms with van der Waals surface area (Å²) < 4.78 is 10.2. The van der Waals surface area contributed by atoms with Gasteiger partial charge in [0.2, 0.25) is 0 Å². The topological polar surface area (TPSA) is 109 Å².